The molecule has 0 unspecified atom stereocenters. The minimum atomic E-state index is 1.09. The van der Waals surface area contributed by atoms with Crippen LogP contribution in [-0.2, 0) is 0 Å². The molecule has 1 heterocycles. The molecule has 82 valence electrons. The first-order valence-electron chi connectivity index (χ1n) is 5.95. The second kappa shape index (κ2) is 6.88. The summed E-state index contributed by atoms with van der Waals surface area (Å²) >= 11 is 0. The first-order chi connectivity index (χ1) is 6.86. The molecule has 1 saturated heterocycles. The second-order valence-electron chi connectivity index (χ2n) is 4.17. The van der Waals surface area contributed by atoms with E-state index in [0.29, 0.717) is 0 Å². The summed E-state index contributed by atoms with van der Waals surface area (Å²) in [6.07, 6.45) is 8.88. The van der Waals surface area contributed by atoms with Crippen molar-refractivity contribution in [1.29, 1.82) is 0 Å². The van der Waals surface area contributed by atoms with E-state index in [1.807, 2.05) is 6.20 Å². The van der Waals surface area contributed by atoms with Gasteiger partial charge in [0.25, 0.3) is 0 Å². The molecule has 1 aliphatic heterocycles. The van der Waals surface area contributed by atoms with Crippen molar-refractivity contribution in [2.45, 2.75) is 39.0 Å². The third-order valence-corrected chi connectivity index (χ3v) is 2.92. The largest absolute Gasteiger partial charge is 0.364 e. The van der Waals surface area contributed by atoms with Crippen LogP contribution in [0.25, 0.3) is 0 Å². The third kappa shape index (κ3) is 4.14. The summed E-state index contributed by atoms with van der Waals surface area (Å²) in [7, 11) is 0. The molecule has 1 aliphatic rings. The van der Waals surface area contributed by atoms with Crippen molar-refractivity contribution in [2.75, 3.05) is 26.3 Å². The molecule has 0 atom stereocenters. The lowest BCUT2D eigenvalue weighted by Crippen LogP contribution is -2.23. The molecule has 0 aliphatic carbocycles. The van der Waals surface area contributed by atoms with Crippen molar-refractivity contribution in [3.05, 3.63) is 12.8 Å². The van der Waals surface area contributed by atoms with Gasteiger partial charge in [-0.3, -0.25) is 4.90 Å². The van der Waals surface area contributed by atoms with Crippen LogP contribution in [0.3, 0.4) is 0 Å². The molecule has 1 fully saturated rings. The smallest absolute Gasteiger partial charge is 0.0702 e. The van der Waals surface area contributed by atoms with Crippen molar-refractivity contribution in [3.8, 4) is 0 Å². The van der Waals surface area contributed by atoms with Gasteiger partial charge in [0, 0.05) is 13.1 Å². The average molecular weight is 196 g/mol. The predicted octanol–water partition coefficient (Wildman–Crippen LogP) is 2.68. The first kappa shape index (κ1) is 11.6. The highest BCUT2D eigenvalue weighted by Crippen LogP contribution is 2.08. The van der Waals surface area contributed by atoms with Gasteiger partial charge in [0.1, 0.15) is 0 Å². The van der Waals surface area contributed by atoms with E-state index in [1.165, 1.54) is 51.7 Å². The van der Waals surface area contributed by atoms with Crippen molar-refractivity contribution in [3.63, 3.8) is 0 Å². The molecule has 0 aromatic rings. The summed E-state index contributed by atoms with van der Waals surface area (Å²) in [6, 6.07) is 0. The van der Waals surface area contributed by atoms with E-state index in [4.69, 9.17) is 0 Å². The normalized spacial score (nSPS) is 17.6. The van der Waals surface area contributed by atoms with Crippen LogP contribution in [0.15, 0.2) is 12.8 Å². The van der Waals surface area contributed by atoms with Crippen LogP contribution in [0.2, 0.25) is 0 Å². The lowest BCUT2D eigenvalue weighted by atomic mass is 10.1. The number of rotatable bonds is 7. The monoisotopic (exact) mass is 196 g/mol. The summed E-state index contributed by atoms with van der Waals surface area (Å²) in [5.41, 5.74) is 0. The fourth-order valence-electron chi connectivity index (χ4n) is 1.94. The molecule has 0 N–H and O–H groups in total. The Labute approximate surface area is 88.6 Å². The molecule has 2 nitrogen and oxygen atoms in total. The standard InChI is InChI=1S/C12H24N2/c1-3-5-6-7-8-9-14-11-10-13(4-2)12-14/h4H,2-3,5-12H2,1H3. The van der Waals surface area contributed by atoms with Gasteiger partial charge in [-0.25, -0.2) is 0 Å². The van der Waals surface area contributed by atoms with Crippen LogP contribution < -0.4 is 0 Å². The number of nitrogens with zero attached hydrogens (tertiary/aromatic N) is 2. The van der Waals surface area contributed by atoms with Crippen LogP contribution >= 0.6 is 0 Å². The summed E-state index contributed by atoms with van der Waals surface area (Å²) in [5.74, 6) is 0. The molecule has 0 saturated carbocycles. The topological polar surface area (TPSA) is 6.48 Å². The molecule has 0 radical (unpaired) electrons. The zero-order valence-electron chi connectivity index (χ0n) is 9.54. The summed E-state index contributed by atoms with van der Waals surface area (Å²) in [6.45, 7) is 10.8. The maximum Gasteiger partial charge on any atom is 0.0702 e. The average Bonchev–Trinajstić information content (AvgIpc) is 2.65. The molecule has 0 aromatic heterocycles. The van der Waals surface area contributed by atoms with Gasteiger partial charge in [-0.2, -0.15) is 0 Å². The Kier molecular flexibility index (Phi) is 5.69. The Morgan fingerprint density at radius 2 is 1.93 bits per heavy atom. The lowest BCUT2D eigenvalue weighted by Gasteiger charge is -2.15. The van der Waals surface area contributed by atoms with Crippen molar-refractivity contribution in [2.24, 2.45) is 0 Å². The van der Waals surface area contributed by atoms with Crippen LogP contribution in [0, 0.1) is 0 Å². The summed E-state index contributed by atoms with van der Waals surface area (Å²) in [4.78, 5) is 4.81. The predicted molar refractivity (Wildman–Crippen MR) is 62.1 cm³/mol. The maximum atomic E-state index is 3.80. The van der Waals surface area contributed by atoms with Gasteiger partial charge in [-0.05, 0) is 19.2 Å². The molecular weight excluding hydrogens is 172 g/mol. The zero-order chi connectivity index (χ0) is 10.2. The highest BCUT2D eigenvalue weighted by molar-refractivity contribution is 4.78. The molecule has 1 rings (SSSR count). The Hall–Kier alpha value is -0.500. The minimum Gasteiger partial charge on any atom is -0.364 e. The van der Waals surface area contributed by atoms with Crippen molar-refractivity contribution < 1.29 is 0 Å². The Balaban J connectivity index is 1.95. The Bertz CT molecular complexity index is 156. The van der Waals surface area contributed by atoms with Gasteiger partial charge in [-0.1, -0.05) is 39.2 Å². The van der Waals surface area contributed by atoms with E-state index in [0.717, 1.165) is 6.67 Å². The van der Waals surface area contributed by atoms with Gasteiger partial charge in [0.2, 0.25) is 0 Å². The van der Waals surface area contributed by atoms with E-state index in [-0.39, 0.29) is 0 Å². The fourth-order valence-corrected chi connectivity index (χ4v) is 1.94. The van der Waals surface area contributed by atoms with Crippen LogP contribution in [0.5, 0.6) is 0 Å². The summed E-state index contributed by atoms with van der Waals surface area (Å²) < 4.78 is 0. The quantitative estimate of drug-likeness (QED) is 0.578. The van der Waals surface area contributed by atoms with Crippen molar-refractivity contribution in [1.82, 2.24) is 9.80 Å². The lowest BCUT2D eigenvalue weighted by molar-refractivity contribution is 0.283. The van der Waals surface area contributed by atoms with Gasteiger partial charge in [0.05, 0.1) is 6.67 Å². The highest BCUT2D eigenvalue weighted by atomic mass is 15.4. The van der Waals surface area contributed by atoms with Crippen LogP contribution in [0.1, 0.15) is 39.0 Å². The molecule has 0 spiro atoms. The Morgan fingerprint density at radius 1 is 1.14 bits per heavy atom. The third-order valence-electron chi connectivity index (χ3n) is 2.92. The van der Waals surface area contributed by atoms with Gasteiger partial charge in [0.15, 0.2) is 0 Å². The van der Waals surface area contributed by atoms with Crippen LogP contribution in [-0.4, -0.2) is 36.1 Å². The number of unbranched alkanes of at least 4 members (excludes halogenated alkanes) is 4. The number of hydrogen-bond donors (Lipinski definition) is 0. The second-order valence-corrected chi connectivity index (χ2v) is 4.17. The maximum absolute atomic E-state index is 3.80. The molecule has 2 heteroatoms. The van der Waals surface area contributed by atoms with E-state index in [1.54, 1.807) is 0 Å². The highest BCUT2D eigenvalue weighted by Gasteiger charge is 2.15. The van der Waals surface area contributed by atoms with Gasteiger partial charge in [-0.15, -0.1) is 0 Å². The van der Waals surface area contributed by atoms with Gasteiger partial charge >= 0.3 is 0 Å². The molecule has 14 heavy (non-hydrogen) atoms. The zero-order valence-corrected chi connectivity index (χ0v) is 9.54. The molecule has 0 amide bonds. The molecule has 0 bridgehead atoms. The van der Waals surface area contributed by atoms with Crippen molar-refractivity contribution >= 4 is 0 Å². The van der Waals surface area contributed by atoms with Gasteiger partial charge < -0.3 is 4.90 Å². The van der Waals surface area contributed by atoms with E-state index >= 15 is 0 Å². The molecular formula is C12H24N2. The molecule has 0 aromatic carbocycles. The number of hydrogen-bond acceptors (Lipinski definition) is 2. The van der Waals surface area contributed by atoms with E-state index in [2.05, 4.69) is 23.3 Å². The minimum absolute atomic E-state index is 1.09. The first-order valence-corrected chi connectivity index (χ1v) is 5.95. The summed E-state index contributed by atoms with van der Waals surface area (Å²) in [5, 5.41) is 0. The van der Waals surface area contributed by atoms with E-state index < -0.39 is 0 Å². The Morgan fingerprint density at radius 3 is 2.57 bits per heavy atom. The SMILES string of the molecule is C=CN1CCN(CCCCCCC)C1. The van der Waals surface area contributed by atoms with E-state index in [9.17, 15) is 0 Å². The van der Waals surface area contributed by atoms with Crippen LogP contribution in [0.4, 0.5) is 0 Å². The fraction of sp³-hybridized carbons (Fsp3) is 0.833.